The molecule has 0 rings (SSSR count). The van der Waals surface area contributed by atoms with Gasteiger partial charge in [0, 0.05) is 13.2 Å². The SMILES string of the molecule is CCCC(C)C(NN)C(OCC)OCC. The number of ether oxygens (including phenoxy) is 2. The summed E-state index contributed by atoms with van der Waals surface area (Å²) < 4.78 is 11.1. The molecule has 0 fully saturated rings. The molecule has 0 aromatic heterocycles. The smallest absolute Gasteiger partial charge is 0.174 e. The van der Waals surface area contributed by atoms with Gasteiger partial charge in [0.15, 0.2) is 6.29 Å². The monoisotopic (exact) mass is 218 g/mol. The van der Waals surface area contributed by atoms with Gasteiger partial charge in [-0.25, -0.2) is 0 Å². The lowest BCUT2D eigenvalue weighted by atomic mass is 9.97. The fraction of sp³-hybridized carbons (Fsp3) is 1.00. The average Bonchev–Trinajstić information content (AvgIpc) is 2.20. The lowest BCUT2D eigenvalue weighted by Gasteiger charge is -2.30. The van der Waals surface area contributed by atoms with Crippen LogP contribution in [0, 0.1) is 5.92 Å². The van der Waals surface area contributed by atoms with Gasteiger partial charge in [0.2, 0.25) is 0 Å². The molecule has 0 saturated carbocycles. The number of rotatable bonds is 9. The van der Waals surface area contributed by atoms with Crippen LogP contribution in [-0.2, 0) is 9.47 Å². The van der Waals surface area contributed by atoms with Gasteiger partial charge in [0.25, 0.3) is 0 Å². The third kappa shape index (κ3) is 5.47. The molecule has 0 aromatic rings. The summed E-state index contributed by atoms with van der Waals surface area (Å²) in [6.07, 6.45) is 2.02. The molecule has 2 atom stereocenters. The van der Waals surface area contributed by atoms with Crippen molar-refractivity contribution in [3.8, 4) is 0 Å². The van der Waals surface area contributed by atoms with Crippen molar-refractivity contribution in [2.75, 3.05) is 13.2 Å². The van der Waals surface area contributed by atoms with Crippen LogP contribution >= 0.6 is 0 Å². The highest BCUT2D eigenvalue weighted by molar-refractivity contribution is 4.74. The highest BCUT2D eigenvalue weighted by atomic mass is 16.7. The largest absolute Gasteiger partial charge is 0.351 e. The van der Waals surface area contributed by atoms with Crippen molar-refractivity contribution in [1.29, 1.82) is 0 Å². The van der Waals surface area contributed by atoms with Crippen molar-refractivity contribution in [2.24, 2.45) is 11.8 Å². The first kappa shape index (κ1) is 14.8. The number of hydrogen-bond donors (Lipinski definition) is 2. The summed E-state index contributed by atoms with van der Waals surface area (Å²) in [5.74, 6) is 6.00. The first-order valence-electron chi connectivity index (χ1n) is 5.90. The first-order chi connectivity index (χ1) is 7.21. The second-order valence-corrected chi connectivity index (χ2v) is 3.74. The second-order valence-electron chi connectivity index (χ2n) is 3.74. The topological polar surface area (TPSA) is 56.5 Å². The van der Waals surface area contributed by atoms with Gasteiger partial charge < -0.3 is 9.47 Å². The van der Waals surface area contributed by atoms with E-state index >= 15 is 0 Å². The Balaban J connectivity index is 4.28. The maximum atomic E-state index is 5.56. The highest BCUT2D eigenvalue weighted by Crippen LogP contribution is 2.16. The minimum absolute atomic E-state index is 0.0600. The Hall–Kier alpha value is -0.160. The number of nitrogens with one attached hydrogen (secondary N) is 1. The standard InChI is InChI=1S/C11H26N2O2/c1-5-8-9(4)10(13-12)11(14-6-2)15-7-3/h9-11,13H,5-8,12H2,1-4H3. The summed E-state index contributed by atoms with van der Waals surface area (Å²) >= 11 is 0. The van der Waals surface area contributed by atoms with Crippen LogP contribution in [0.25, 0.3) is 0 Å². The van der Waals surface area contributed by atoms with Crippen LogP contribution in [0.5, 0.6) is 0 Å². The zero-order valence-corrected chi connectivity index (χ0v) is 10.5. The molecule has 2 unspecified atom stereocenters. The van der Waals surface area contributed by atoms with E-state index in [4.69, 9.17) is 15.3 Å². The molecule has 15 heavy (non-hydrogen) atoms. The van der Waals surface area contributed by atoms with E-state index in [0.29, 0.717) is 19.1 Å². The van der Waals surface area contributed by atoms with Gasteiger partial charge in [-0.2, -0.15) is 0 Å². The molecule has 0 aliphatic carbocycles. The van der Waals surface area contributed by atoms with Crippen LogP contribution in [0.3, 0.4) is 0 Å². The summed E-state index contributed by atoms with van der Waals surface area (Å²) in [6.45, 7) is 9.54. The van der Waals surface area contributed by atoms with E-state index in [-0.39, 0.29) is 12.3 Å². The zero-order chi connectivity index (χ0) is 11.7. The maximum Gasteiger partial charge on any atom is 0.174 e. The van der Waals surface area contributed by atoms with Gasteiger partial charge in [0.05, 0.1) is 6.04 Å². The van der Waals surface area contributed by atoms with Crippen LogP contribution in [-0.4, -0.2) is 25.5 Å². The molecule has 0 saturated heterocycles. The van der Waals surface area contributed by atoms with Gasteiger partial charge in [-0.1, -0.05) is 20.3 Å². The molecule has 0 amide bonds. The Labute approximate surface area is 93.5 Å². The molecule has 0 aliphatic rings. The zero-order valence-electron chi connectivity index (χ0n) is 10.5. The Morgan fingerprint density at radius 3 is 2.00 bits per heavy atom. The van der Waals surface area contributed by atoms with Crippen molar-refractivity contribution in [2.45, 2.75) is 52.9 Å². The van der Waals surface area contributed by atoms with Crippen LogP contribution < -0.4 is 11.3 Å². The highest BCUT2D eigenvalue weighted by Gasteiger charge is 2.26. The van der Waals surface area contributed by atoms with E-state index in [9.17, 15) is 0 Å². The molecule has 92 valence electrons. The van der Waals surface area contributed by atoms with Crippen molar-refractivity contribution in [3.05, 3.63) is 0 Å². The molecule has 0 aliphatic heterocycles. The number of hydrogen-bond acceptors (Lipinski definition) is 4. The van der Waals surface area contributed by atoms with E-state index in [1.165, 1.54) is 0 Å². The predicted octanol–water partition coefficient (Wildman–Crippen LogP) is 1.65. The summed E-state index contributed by atoms with van der Waals surface area (Å²) in [4.78, 5) is 0. The van der Waals surface area contributed by atoms with E-state index < -0.39 is 0 Å². The van der Waals surface area contributed by atoms with E-state index in [0.717, 1.165) is 12.8 Å². The molecule has 0 radical (unpaired) electrons. The van der Waals surface area contributed by atoms with E-state index in [2.05, 4.69) is 19.3 Å². The van der Waals surface area contributed by atoms with Crippen molar-refractivity contribution in [1.82, 2.24) is 5.43 Å². The molecule has 4 heteroatoms. The fourth-order valence-electron chi connectivity index (χ4n) is 1.73. The van der Waals surface area contributed by atoms with Gasteiger partial charge in [-0.15, -0.1) is 0 Å². The predicted molar refractivity (Wildman–Crippen MR) is 62.2 cm³/mol. The Morgan fingerprint density at radius 2 is 1.67 bits per heavy atom. The lowest BCUT2D eigenvalue weighted by molar-refractivity contribution is -0.162. The van der Waals surface area contributed by atoms with E-state index in [1.807, 2.05) is 13.8 Å². The Bertz CT molecular complexity index is 139. The minimum atomic E-state index is -0.244. The van der Waals surface area contributed by atoms with Gasteiger partial charge in [0.1, 0.15) is 0 Å². The summed E-state index contributed by atoms with van der Waals surface area (Å²) in [7, 11) is 0. The number of nitrogens with two attached hydrogens (primary N) is 1. The van der Waals surface area contributed by atoms with Gasteiger partial charge in [-0.3, -0.25) is 11.3 Å². The molecular formula is C11H26N2O2. The lowest BCUT2D eigenvalue weighted by Crippen LogP contribution is -2.50. The van der Waals surface area contributed by atoms with Gasteiger partial charge >= 0.3 is 0 Å². The normalized spacial score (nSPS) is 15.6. The molecule has 0 aromatic carbocycles. The molecule has 0 bridgehead atoms. The van der Waals surface area contributed by atoms with Crippen molar-refractivity contribution < 1.29 is 9.47 Å². The second kappa shape index (κ2) is 9.09. The van der Waals surface area contributed by atoms with Crippen LogP contribution in [0.2, 0.25) is 0 Å². The van der Waals surface area contributed by atoms with Crippen molar-refractivity contribution in [3.63, 3.8) is 0 Å². The summed E-state index contributed by atoms with van der Waals surface area (Å²) in [5, 5.41) is 0. The first-order valence-corrected chi connectivity index (χ1v) is 5.90. The molecule has 4 nitrogen and oxygen atoms in total. The average molecular weight is 218 g/mol. The minimum Gasteiger partial charge on any atom is -0.351 e. The maximum absolute atomic E-state index is 5.56. The summed E-state index contributed by atoms with van der Waals surface area (Å²) in [5.41, 5.74) is 2.81. The number of hydrazine groups is 1. The third-order valence-electron chi connectivity index (χ3n) is 2.50. The van der Waals surface area contributed by atoms with Gasteiger partial charge in [-0.05, 0) is 26.2 Å². The Kier molecular flexibility index (Phi) is 9.00. The van der Waals surface area contributed by atoms with Crippen LogP contribution in [0.15, 0.2) is 0 Å². The Morgan fingerprint density at radius 1 is 1.13 bits per heavy atom. The molecule has 3 N–H and O–H groups in total. The molecule has 0 spiro atoms. The fourth-order valence-corrected chi connectivity index (χ4v) is 1.73. The third-order valence-corrected chi connectivity index (χ3v) is 2.50. The quantitative estimate of drug-likeness (QED) is 0.351. The van der Waals surface area contributed by atoms with Crippen molar-refractivity contribution >= 4 is 0 Å². The van der Waals surface area contributed by atoms with Crippen LogP contribution in [0.1, 0.15) is 40.5 Å². The molecular weight excluding hydrogens is 192 g/mol. The van der Waals surface area contributed by atoms with E-state index in [1.54, 1.807) is 0 Å². The summed E-state index contributed by atoms with van der Waals surface area (Å²) in [6, 6.07) is 0.0600. The van der Waals surface area contributed by atoms with Crippen LogP contribution in [0.4, 0.5) is 0 Å². The molecule has 0 heterocycles.